The van der Waals surface area contributed by atoms with E-state index in [1.165, 1.54) is 0 Å². The summed E-state index contributed by atoms with van der Waals surface area (Å²) in [7, 11) is 0. The fourth-order valence-electron chi connectivity index (χ4n) is 1.80. The van der Waals surface area contributed by atoms with Crippen LogP contribution in [0.3, 0.4) is 0 Å². The first-order valence-corrected chi connectivity index (χ1v) is 7.57. The van der Waals surface area contributed by atoms with Gasteiger partial charge in [0.05, 0.1) is 38.6 Å². The highest BCUT2D eigenvalue weighted by molar-refractivity contribution is 5.56. The summed E-state index contributed by atoms with van der Waals surface area (Å²) in [4.78, 5) is 0. The quantitative estimate of drug-likeness (QED) is 0.697. The van der Waals surface area contributed by atoms with Gasteiger partial charge in [0.25, 0.3) is 0 Å². The maximum Gasteiger partial charge on any atom is 0.0732 e. The monoisotopic (exact) mass is 306 g/mol. The Hall–Kier alpha value is -1.46. The van der Waals surface area contributed by atoms with Gasteiger partial charge in [-0.3, -0.25) is 0 Å². The summed E-state index contributed by atoms with van der Waals surface area (Å²) in [6.07, 6.45) is 7.90. The highest BCUT2D eigenvalue weighted by atomic mass is 16.5. The first-order valence-electron chi connectivity index (χ1n) is 7.57. The van der Waals surface area contributed by atoms with Gasteiger partial charge in [-0.1, -0.05) is 48.6 Å². The van der Waals surface area contributed by atoms with Crippen molar-refractivity contribution >= 4 is 12.2 Å². The molecule has 0 saturated heterocycles. The van der Waals surface area contributed by atoms with Crippen LogP contribution >= 0.6 is 0 Å². The highest BCUT2D eigenvalue weighted by Crippen LogP contribution is 2.10. The first-order chi connectivity index (χ1) is 10.7. The molecule has 2 unspecified atom stereocenters. The molecule has 0 aliphatic rings. The SMILES string of the molecule is CC(/C=C/c1ccc(/C=C/C(C)OCCO)cc1)OCCO. The normalized spacial score (nSPS) is 14.7. The topological polar surface area (TPSA) is 58.9 Å². The van der Waals surface area contributed by atoms with Crippen molar-refractivity contribution in [1.82, 2.24) is 0 Å². The fourth-order valence-corrected chi connectivity index (χ4v) is 1.80. The second kappa shape index (κ2) is 11.2. The summed E-state index contributed by atoms with van der Waals surface area (Å²) < 4.78 is 10.7. The molecule has 0 radical (unpaired) electrons. The molecule has 0 fully saturated rings. The van der Waals surface area contributed by atoms with Gasteiger partial charge >= 0.3 is 0 Å². The molecule has 2 atom stereocenters. The van der Waals surface area contributed by atoms with E-state index >= 15 is 0 Å². The third kappa shape index (κ3) is 8.10. The maximum atomic E-state index is 8.69. The third-order valence-corrected chi connectivity index (χ3v) is 3.00. The third-order valence-electron chi connectivity index (χ3n) is 3.00. The van der Waals surface area contributed by atoms with Crippen molar-refractivity contribution in [1.29, 1.82) is 0 Å². The van der Waals surface area contributed by atoms with E-state index in [9.17, 15) is 0 Å². The summed E-state index contributed by atoms with van der Waals surface area (Å²) >= 11 is 0. The van der Waals surface area contributed by atoms with E-state index in [1.54, 1.807) is 0 Å². The largest absolute Gasteiger partial charge is 0.394 e. The molecule has 0 aliphatic carbocycles. The van der Waals surface area contributed by atoms with Crippen LogP contribution < -0.4 is 0 Å². The summed E-state index contributed by atoms with van der Waals surface area (Å²) in [6.45, 7) is 4.67. The van der Waals surface area contributed by atoms with E-state index in [0.29, 0.717) is 13.2 Å². The lowest BCUT2D eigenvalue weighted by molar-refractivity contribution is 0.0644. The standard InChI is InChI=1S/C18H26O4/c1-15(21-13-11-19)3-5-17-7-9-18(10-8-17)6-4-16(2)22-14-12-20/h3-10,15-16,19-20H,11-14H2,1-2H3/b5-3+,6-4+. The zero-order valence-electron chi connectivity index (χ0n) is 13.3. The predicted molar refractivity (Wildman–Crippen MR) is 89.5 cm³/mol. The van der Waals surface area contributed by atoms with Crippen LogP contribution in [-0.2, 0) is 9.47 Å². The zero-order valence-corrected chi connectivity index (χ0v) is 13.3. The molecule has 4 nitrogen and oxygen atoms in total. The molecule has 0 saturated carbocycles. The van der Waals surface area contributed by atoms with Crippen molar-refractivity contribution in [2.24, 2.45) is 0 Å². The zero-order chi connectivity index (χ0) is 16.2. The highest BCUT2D eigenvalue weighted by Gasteiger charge is 1.97. The molecule has 122 valence electrons. The van der Waals surface area contributed by atoms with Crippen molar-refractivity contribution in [2.75, 3.05) is 26.4 Å². The van der Waals surface area contributed by atoms with Gasteiger partial charge in [-0.05, 0) is 25.0 Å². The second-order valence-corrected chi connectivity index (χ2v) is 4.98. The van der Waals surface area contributed by atoms with E-state index in [0.717, 1.165) is 11.1 Å². The molecule has 0 spiro atoms. The average molecular weight is 306 g/mol. The van der Waals surface area contributed by atoms with Gasteiger partial charge in [0.1, 0.15) is 0 Å². The van der Waals surface area contributed by atoms with Crippen LogP contribution in [0.4, 0.5) is 0 Å². The summed E-state index contributed by atoms with van der Waals surface area (Å²) in [6, 6.07) is 8.14. The van der Waals surface area contributed by atoms with Gasteiger partial charge < -0.3 is 19.7 Å². The number of aliphatic hydroxyl groups excluding tert-OH is 2. The van der Waals surface area contributed by atoms with Gasteiger partial charge in [0, 0.05) is 0 Å². The Labute approximate surface area is 132 Å². The van der Waals surface area contributed by atoms with Crippen molar-refractivity contribution in [3.63, 3.8) is 0 Å². The van der Waals surface area contributed by atoms with E-state index < -0.39 is 0 Å². The smallest absolute Gasteiger partial charge is 0.0732 e. The molecule has 1 aromatic carbocycles. The molecule has 1 aromatic rings. The van der Waals surface area contributed by atoms with Gasteiger partial charge in [-0.2, -0.15) is 0 Å². The Kier molecular flexibility index (Phi) is 9.42. The molecule has 1 rings (SSSR count). The summed E-state index contributed by atoms with van der Waals surface area (Å²) in [5, 5.41) is 17.4. The molecule has 0 amide bonds. The van der Waals surface area contributed by atoms with Crippen LogP contribution in [0.1, 0.15) is 25.0 Å². The van der Waals surface area contributed by atoms with E-state index in [1.807, 2.05) is 62.4 Å². The lowest BCUT2D eigenvalue weighted by atomic mass is 10.1. The molecule has 4 heteroatoms. The van der Waals surface area contributed by atoms with Crippen LogP contribution in [-0.4, -0.2) is 48.8 Å². The van der Waals surface area contributed by atoms with E-state index in [-0.39, 0.29) is 25.4 Å². The second-order valence-electron chi connectivity index (χ2n) is 4.98. The predicted octanol–water partition coefficient (Wildman–Crippen LogP) is 2.51. The lowest BCUT2D eigenvalue weighted by Gasteiger charge is -2.07. The number of aliphatic hydroxyl groups is 2. The maximum absolute atomic E-state index is 8.69. The number of hydrogen-bond acceptors (Lipinski definition) is 4. The van der Waals surface area contributed by atoms with Crippen LogP contribution in [0.5, 0.6) is 0 Å². The van der Waals surface area contributed by atoms with E-state index in [2.05, 4.69) is 0 Å². The van der Waals surface area contributed by atoms with Gasteiger partial charge in [0.15, 0.2) is 0 Å². The van der Waals surface area contributed by atoms with Gasteiger partial charge in [-0.25, -0.2) is 0 Å². The van der Waals surface area contributed by atoms with Crippen LogP contribution in [0.25, 0.3) is 12.2 Å². The van der Waals surface area contributed by atoms with Gasteiger partial charge in [0.2, 0.25) is 0 Å². The minimum Gasteiger partial charge on any atom is -0.394 e. The molecule has 2 N–H and O–H groups in total. The fraction of sp³-hybridized carbons (Fsp3) is 0.444. The van der Waals surface area contributed by atoms with Crippen LogP contribution in [0, 0.1) is 0 Å². The van der Waals surface area contributed by atoms with Crippen molar-refractivity contribution in [2.45, 2.75) is 26.1 Å². The van der Waals surface area contributed by atoms with Crippen molar-refractivity contribution in [3.8, 4) is 0 Å². The molecule has 0 aliphatic heterocycles. The molecular weight excluding hydrogens is 280 g/mol. The Balaban J connectivity index is 2.48. The van der Waals surface area contributed by atoms with E-state index in [4.69, 9.17) is 19.7 Å². The van der Waals surface area contributed by atoms with Crippen LogP contribution in [0.15, 0.2) is 36.4 Å². The number of ether oxygens (including phenoxy) is 2. The minimum absolute atomic E-state index is 0.0174. The lowest BCUT2D eigenvalue weighted by Crippen LogP contribution is -2.08. The minimum atomic E-state index is -0.0174. The van der Waals surface area contributed by atoms with Gasteiger partial charge in [-0.15, -0.1) is 0 Å². The molecule has 22 heavy (non-hydrogen) atoms. The van der Waals surface area contributed by atoms with Crippen LogP contribution in [0.2, 0.25) is 0 Å². The summed E-state index contributed by atoms with van der Waals surface area (Å²) in [5.41, 5.74) is 2.20. The number of rotatable bonds is 10. The Morgan fingerprint density at radius 3 is 1.50 bits per heavy atom. The Bertz CT molecular complexity index is 408. The molecule has 0 bridgehead atoms. The number of hydrogen-bond donors (Lipinski definition) is 2. The number of benzene rings is 1. The van der Waals surface area contributed by atoms with Crippen molar-refractivity contribution < 1.29 is 19.7 Å². The first kappa shape index (κ1) is 18.6. The summed E-state index contributed by atoms with van der Waals surface area (Å²) in [5.74, 6) is 0. The molecule has 0 aromatic heterocycles. The Morgan fingerprint density at radius 1 is 0.818 bits per heavy atom. The molecular formula is C18H26O4. The average Bonchev–Trinajstić information content (AvgIpc) is 2.55. The molecule has 0 heterocycles. The van der Waals surface area contributed by atoms with Crippen molar-refractivity contribution in [3.05, 3.63) is 47.5 Å². The Morgan fingerprint density at radius 2 is 1.18 bits per heavy atom.